The van der Waals surface area contributed by atoms with Crippen molar-refractivity contribution < 1.29 is 0 Å². The zero-order chi connectivity index (χ0) is 8.69. The maximum atomic E-state index is 7.08. The Kier molecular flexibility index (Phi) is 5.90. The summed E-state index contributed by atoms with van der Waals surface area (Å²) in [5.74, 6) is 0. The maximum absolute atomic E-state index is 7.08. The molecule has 0 aliphatic carbocycles. The van der Waals surface area contributed by atoms with Crippen LogP contribution in [0, 0.1) is 5.41 Å². The molecule has 0 aliphatic rings. The molecule has 0 aromatic rings. The first-order valence-corrected chi connectivity index (χ1v) is 4.48. The van der Waals surface area contributed by atoms with Crippen LogP contribution >= 0.6 is 0 Å². The zero-order valence-electron chi connectivity index (χ0n) is 7.93. The summed E-state index contributed by atoms with van der Waals surface area (Å²) in [6.07, 6.45) is 6.31. The number of unbranched alkanes of at least 4 members (excludes halogenated alkanes) is 1. The number of hydrogen-bond donors (Lipinski definition) is 1. The summed E-state index contributed by atoms with van der Waals surface area (Å²) in [5, 5.41) is 7.08. The van der Waals surface area contributed by atoms with Crippen LogP contribution in [0.4, 0.5) is 0 Å². The molecule has 0 amide bonds. The smallest absolute Gasteiger partial charge is 0.0817 e. The minimum Gasteiger partial charge on any atom is -0.363 e. The molecule has 0 rings (SSSR count). The first kappa shape index (κ1) is 10.5. The average Bonchev–Trinajstić information content (AvgIpc) is 2.05. The van der Waals surface area contributed by atoms with Crippen molar-refractivity contribution in [2.24, 2.45) is 0 Å². The summed E-state index contributed by atoms with van der Waals surface area (Å²) in [5.41, 5.74) is 0. The molecule has 0 spiro atoms. The molecule has 0 saturated heterocycles. The van der Waals surface area contributed by atoms with Gasteiger partial charge in [0.25, 0.3) is 0 Å². The second-order valence-corrected chi connectivity index (χ2v) is 3.00. The van der Waals surface area contributed by atoms with Gasteiger partial charge in [-0.1, -0.05) is 26.7 Å². The van der Waals surface area contributed by atoms with Crippen LogP contribution in [-0.4, -0.2) is 24.3 Å². The van der Waals surface area contributed by atoms with Crippen molar-refractivity contribution in [1.82, 2.24) is 4.90 Å². The van der Waals surface area contributed by atoms with E-state index in [9.17, 15) is 0 Å². The fourth-order valence-corrected chi connectivity index (χ4v) is 1.24. The second-order valence-electron chi connectivity index (χ2n) is 3.00. The van der Waals surface area contributed by atoms with Crippen molar-refractivity contribution in [3.05, 3.63) is 0 Å². The predicted octanol–water partition coefficient (Wildman–Crippen LogP) is 2.49. The first-order chi connectivity index (χ1) is 5.26. The van der Waals surface area contributed by atoms with Crippen LogP contribution in [0.15, 0.2) is 0 Å². The number of hydrogen-bond acceptors (Lipinski definition) is 1. The third-order valence-corrected chi connectivity index (χ3v) is 2.14. The monoisotopic (exact) mass is 156 g/mol. The van der Waals surface area contributed by atoms with Gasteiger partial charge in [-0.05, 0) is 12.8 Å². The first-order valence-electron chi connectivity index (χ1n) is 4.48. The van der Waals surface area contributed by atoms with Crippen molar-refractivity contribution in [1.29, 1.82) is 5.41 Å². The van der Waals surface area contributed by atoms with Crippen LogP contribution < -0.4 is 0 Å². The summed E-state index contributed by atoms with van der Waals surface area (Å²) < 4.78 is 0. The Balaban J connectivity index is 3.64. The summed E-state index contributed by atoms with van der Waals surface area (Å²) in [6, 6.07) is 0.576. The van der Waals surface area contributed by atoms with Crippen molar-refractivity contribution in [2.45, 2.75) is 45.6 Å². The molecule has 0 aromatic carbocycles. The van der Waals surface area contributed by atoms with Crippen LogP contribution in [-0.2, 0) is 0 Å². The van der Waals surface area contributed by atoms with Crippen molar-refractivity contribution in [3.63, 3.8) is 0 Å². The molecule has 0 aliphatic heterocycles. The minimum absolute atomic E-state index is 0.576. The molecular formula is C9H20N2. The fraction of sp³-hybridized carbons (Fsp3) is 0.889. The van der Waals surface area contributed by atoms with Gasteiger partial charge in [0.05, 0.1) is 6.34 Å². The molecule has 11 heavy (non-hydrogen) atoms. The fourth-order valence-electron chi connectivity index (χ4n) is 1.24. The third-order valence-electron chi connectivity index (χ3n) is 2.14. The normalized spacial score (nSPS) is 12.6. The minimum atomic E-state index is 0.576. The van der Waals surface area contributed by atoms with Gasteiger partial charge in [0.1, 0.15) is 0 Å². The van der Waals surface area contributed by atoms with Crippen LogP contribution in [0.3, 0.4) is 0 Å². The Morgan fingerprint density at radius 1 is 1.45 bits per heavy atom. The second kappa shape index (κ2) is 6.20. The number of nitrogens with zero attached hydrogens (tertiary/aromatic N) is 1. The summed E-state index contributed by atoms with van der Waals surface area (Å²) in [6.45, 7) is 4.39. The molecule has 0 fully saturated rings. The quantitative estimate of drug-likeness (QED) is 0.464. The highest BCUT2D eigenvalue weighted by molar-refractivity contribution is 5.50. The van der Waals surface area contributed by atoms with Gasteiger partial charge in [-0.15, -0.1) is 0 Å². The van der Waals surface area contributed by atoms with E-state index in [0.29, 0.717) is 6.04 Å². The van der Waals surface area contributed by atoms with Gasteiger partial charge in [0, 0.05) is 13.1 Å². The van der Waals surface area contributed by atoms with Gasteiger partial charge in [0.2, 0.25) is 0 Å². The molecule has 2 heteroatoms. The van der Waals surface area contributed by atoms with E-state index >= 15 is 0 Å². The molecule has 0 heterocycles. The molecule has 0 bridgehead atoms. The maximum Gasteiger partial charge on any atom is 0.0817 e. The van der Waals surface area contributed by atoms with Gasteiger partial charge in [-0.2, -0.15) is 0 Å². The van der Waals surface area contributed by atoms with Gasteiger partial charge >= 0.3 is 0 Å². The standard InChI is InChI=1S/C9H20N2/c1-4-6-7-9(5-2)11(3)8-10/h8-10H,4-7H2,1-3H3. The number of rotatable bonds is 6. The van der Waals surface area contributed by atoms with Gasteiger partial charge < -0.3 is 4.90 Å². The van der Waals surface area contributed by atoms with Crippen LogP contribution in [0.5, 0.6) is 0 Å². The topological polar surface area (TPSA) is 27.1 Å². The Hall–Kier alpha value is -0.530. The third kappa shape index (κ3) is 4.02. The SMILES string of the molecule is CCCCC(CC)N(C)C=N. The van der Waals surface area contributed by atoms with E-state index in [-0.39, 0.29) is 0 Å². The molecule has 1 atom stereocenters. The average molecular weight is 156 g/mol. The zero-order valence-corrected chi connectivity index (χ0v) is 7.93. The van der Waals surface area contributed by atoms with Crippen LogP contribution in [0.2, 0.25) is 0 Å². The van der Waals surface area contributed by atoms with Gasteiger partial charge in [-0.3, -0.25) is 5.41 Å². The summed E-state index contributed by atoms with van der Waals surface area (Å²) in [4.78, 5) is 2.00. The highest BCUT2D eigenvalue weighted by atomic mass is 15.1. The molecule has 1 unspecified atom stereocenters. The highest BCUT2D eigenvalue weighted by Gasteiger charge is 2.07. The van der Waals surface area contributed by atoms with Gasteiger partial charge in [-0.25, -0.2) is 0 Å². The van der Waals surface area contributed by atoms with E-state index in [2.05, 4.69) is 13.8 Å². The lowest BCUT2D eigenvalue weighted by molar-refractivity contribution is 0.335. The van der Waals surface area contributed by atoms with Crippen molar-refractivity contribution in [3.8, 4) is 0 Å². The van der Waals surface area contributed by atoms with Crippen LogP contribution in [0.25, 0.3) is 0 Å². The van der Waals surface area contributed by atoms with Crippen molar-refractivity contribution in [2.75, 3.05) is 7.05 Å². The Bertz CT molecular complexity index is 102. The molecular weight excluding hydrogens is 136 g/mol. The molecule has 0 aromatic heterocycles. The lowest BCUT2D eigenvalue weighted by Crippen LogP contribution is -2.29. The summed E-state index contributed by atoms with van der Waals surface area (Å²) >= 11 is 0. The van der Waals surface area contributed by atoms with E-state index in [1.54, 1.807) is 0 Å². The lowest BCUT2D eigenvalue weighted by atomic mass is 10.1. The van der Waals surface area contributed by atoms with E-state index < -0.39 is 0 Å². The van der Waals surface area contributed by atoms with Crippen LogP contribution in [0.1, 0.15) is 39.5 Å². The summed E-state index contributed by atoms with van der Waals surface area (Å²) in [7, 11) is 1.98. The molecule has 66 valence electrons. The van der Waals surface area contributed by atoms with E-state index in [1.165, 1.54) is 25.6 Å². The molecule has 0 radical (unpaired) electrons. The Labute approximate surface area is 70.1 Å². The molecule has 1 N–H and O–H groups in total. The lowest BCUT2D eigenvalue weighted by Gasteiger charge is -2.24. The molecule has 0 saturated carbocycles. The Morgan fingerprint density at radius 3 is 2.45 bits per heavy atom. The van der Waals surface area contributed by atoms with E-state index in [1.807, 2.05) is 11.9 Å². The highest BCUT2D eigenvalue weighted by Crippen LogP contribution is 2.08. The van der Waals surface area contributed by atoms with Gasteiger partial charge in [0.15, 0.2) is 0 Å². The number of nitrogens with one attached hydrogen (secondary N) is 1. The van der Waals surface area contributed by atoms with E-state index in [4.69, 9.17) is 5.41 Å². The predicted molar refractivity (Wildman–Crippen MR) is 50.2 cm³/mol. The molecule has 2 nitrogen and oxygen atoms in total. The van der Waals surface area contributed by atoms with Crippen molar-refractivity contribution >= 4 is 6.34 Å². The van der Waals surface area contributed by atoms with E-state index in [0.717, 1.165) is 6.42 Å². The largest absolute Gasteiger partial charge is 0.363 e. The Morgan fingerprint density at radius 2 is 2.09 bits per heavy atom.